The summed E-state index contributed by atoms with van der Waals surface area (Å²) in [4.78, 5) is 11.2. The molecule has 1 atom stereocenters. The molecule has 2 heteroatoms. The van der Waals surface area contributed by atoms with Crippen molar-refractivity contribution in [1.29, 1.82) is 0 Å². The summed E-state index contributed by atoms with van der Waals surface area (Å²) >= 11 is 0. The van der Waals surface area contributed by atoms with Crippen molar-refractivity contribution in [1.82, 2.24) is 5.32 Å². The van der Waals surface area contributed by atoms with Gasteiger partial charge >= 0.3 is 0 Å². The third kappa shape index (κ3) is 3.31. The van der Waals surface area contributed by atoms with Crippen molar-refractivity contribution in [2.75, 3.05) is 0 Å². The topological polar surface area (TPSA) is 29.1 Å². The molecule has 1 unspecified atom stereocenters. The molecule has 1 aliphatic rings. The molecule has 0 aliphatic heterocycles. The van der Waals surface area contributed by atoms with E-state index in [4.69, 9.17) is 0 Å². The van der Waals surface area contributed by atoms with Crippen LogP contribution in [0.1, 0.15) is 24.8 Å². The molecule has 0 amide bonds. The van der Waals surface area contributed by atoms with Gasteiger partial charge in [0.15, 0.2) is 5.78 Å². The van der Waals surface area contributed by atoms with E-state index in [1.807, 2.05) is 24.3 Å². The van der Waals surface area contributed by atoms with Gasteiger partial charge in [0.25, 0.3) is 0 Å². The highest BCUT2D eigenvalue weighted by Crippen LogP contribution is 2.09. The summed E-state index contributed by atoms with van der Waals surface area (Å²) in [5.41, 5.74) is 1.28. The van der Waals surface area contributed by atoms with E-state index >= 15 is 0 Å². The summed E-state index contributed by atoms with van der Waals surface area (Å²) in [7, 11) is 0. The lowest BCUT2D eigenvalue weighted by Gasteiger charge is -2.13. The van der Waals surface area contributed by atoms with Crippen molar-refractivity contribution >= 4 is 5.78 Å². The van der Waals surface area contributed by atoms with Crippen LogP contribution in [0.15, 0.2) is 42.5 Å². The van der Waals surface area contributed by atoms with E-state index in [0.717, 1.165) is 19.4 Å². The Bertz CT molecular complexity index is 370. The Labute approximate surface area is 96.4 Å². The van der Waals surface area contributed by atoms with Gasteiger partial charge in [0.2, 0.25) is 0 Å². The molecule has 0 fully saturated rings. The molecule has 1 aromatic carbocycles. The first kappa shape index (κ1) is 11.1. The minimum atomic E-state index is 0.254. The van der Waals surface area contributed by atoms with Crippen molar-refractivity contribution in [2.45, 2.75) is 31.8 Å². The van der Waals surface area contributed by atoms with Crippen LogP contribution in [0.2, 0.25) is 0 Å². The van der Waals surface area contributed by atoms with Gasteiger partial charge in [-0.25, -0.2) is 0 Å². The molecule has 0 aromatic heterocycles. The Morgan fingerprint density at radius 2 is 2.06 bits per heavy atom. The third-order valence-electron chi connectivity index (χ3n) is 2.86. The average molecular weight is 215 g/mol. The van der Waals surface area contributed by atoms with E-state index in [-0.39, 0.29) is 5.78 Å². The minimum Gasteiger partial charge on any atom is -0.306 e. The number of ketones is 1. The van der Waals surface area contributed by atoms with Crippen LogP contribution in [-0.2, 0) is 11.3 Å². The van der Waals surface area contributed by atoms with Crippen LogP contribution in [0.5, 0.6) is 0 Å². The van der Waals surface area contributed by atoms with Crippen LogP contribution in [-0.4, -0.2) is 11.8 Å². The van der Waals surface area contributed by atoms with Gasteiger partial charge in [-0.1, -0.05) is 36.4 Å². The van der Waals surface area contributed by atoms with Crippen molar-refractivity contribution in [3.05, 3.63) is 48.0 Å². The van der Waals surface area contributed by atoms with Gasteiger partial charge < -0.3 is 5.32 Å². The van der Waals surface area contributed by atoms with Crippen molar-refractivity contribution in [3.8, 4) is 0 Å². The van der Waals surface area contributed by atoms with Crippen molar-refractivity contribution < 1.29 is 4.79 Å². The van der Waals surface area contributed by atoms with Crippen LogP contribution < -0.4 is 5.32 Å². The normalized spacial score (nSPS) is 20.8. The largest absolute Gasteiger partial charge is 0.306 e. The first-order valence-electron chi connectivity index (χ1n) is 5.83. The summed E-state index contributed by atoms with van der Waals surface area (Å²) in [5, 5.41) is 3.46. The van der Waals surface area contributed by atoms with Crippen molar-refractivity contribution in [2.24, 2.45) is 0 Å². The molecule has 0 saturated carbocycles. The molecule has 1 aromatic rings. The number of allylic oxidation sites excluding steroid dienone is 1. The Morgan fingerprint density at radius 1 is 1.25 bits per heavy atom. The quantitative estimate of drug-likeness (QED) is 0.839. The fraction of sp³-hybridized carbons (Fsp3) is 0.357. The number of benzene rings is 1. The molecule has 0 radical (unpaired) electrons. The zero-order valence-electron chi connectivity index (χ0n) is 9.36. The zero-order valence-corrected chi connectivity index (χ0v) is 9.36. The van der Waals surface area contributed by atoms with E-state index < -0.39 is 0 Å². The fourth-order valence-corrected chi connectivity index (χ4v) is 1.91. The highest BCUT2D eigenvalue weighted by molar-refractivity contribution is 5.89. The summed E-state index contributed by atoms with van der Waals surface area (Å²) in [5.74, 6) is 0.254. The van der Waals surface area contributed by atoms with Crippen LogP contribution in [0.4, 0.5) is 0 Å². The minimum absolute atomic E-state index is 0.254. The van der Waals surface area contributed by atoms with Crippen LogP contribution in [0, 0.1) is 0 Å². The summed E-state index contributed by atoms with van der Waals surface area (Å²) in [6.07, 6.45) is 6.45. The molecule has 0 heterocycles. The SMILES string of the molecule is O=C1C=CC(NCc2ccccc2)CCC1. The number of hydrogen-bond donors (Lipinski definition) is 1. The zero-order chi connectivity index (χ0) is 11.2. The molecule has 0 saturated heterocycles. The Hall–Kier alpha value is -1.41. The molecular formula is C14H17NO. The van der Waals surface area contributed by atoms with Gasteiger partial charge in [-0.3, -0.25) is 4.79 Å². The number of carbonyl (C=O) groups excluding carboxylic acids is 1. The van der Waals surface area contributed by atoms with Crippen molar-refractivity contribution in [3.63, 3.8) is 0 Å². The maximum Gasteiger partial charge on any atom is 0.155 e. The summed E-state index contributed by atoms with van der Waals surface area (Å²) in [6, 6.07) is 10.7. The molecule has 1 aliphatic carbocycles. The van der Waals surface area contributed by atoms with Gasteiger partial charge in [0.1, 0.15) is 0 Å². The second-order valence-corrected chi connectivity index (χ2v) is 4.19. The lowest BCUT2D eigenvalue weighted by Crippen LogP contribution is -2.26. The van der Waals surface area contributed by atoms with E-state index in [9.17, 15) is 4.79 Å². The predicted molar refractivity (Wildman–Crippen MR) is 65.1 cm³/mol. The summed E-state index contributed by atoms with van der Waals surface area (Å²) < 4.78 is 0. The van der Waals surface area contributed by atoms with Crippen LogP contribution >= 0.6 is 0 Å². The van der Waals surface area contributed by atoms with Gasteiger partial charge in [-0.15, -0.1) is 0 Å². The van der Waals surface area contributed by atoms with Crippen LogP contribution in [0.3, 0.4) is 0 Å². The lowest BCUT2D eigenvalue weighted by atomic mass is 10.1. The number of carbonyl (C=O) groups is 1. The first-order chi connectivity index (χ1) is 7.84. The highest BCUT2D eigenvalue weighted by Gasteiger charge is 2.09. The van der Waals surface area contributed by atoms with Gasteiger partial charge in [-0.05, 0) is 24.5 Å². The number of nitrogens with one attached hydrogen (secondary N) is 1. The average Bonchev–Trinajstić information content (AvgIpc) is 2.53. The van der Waals surface area contributed by atoms with E-state index in [1.165, 1.54) is 5.56 Å². The maximum absolute atomic E-state index is 11.2. The Kier molecular flexibility index (Phi) is 3.89. The van der Waals surface area contributed by atoms with Gasteiger partial charge in [-0.2, -0.15) is 0 Å². The maximum atomic E-state index is 11.2. The van der Waals surface area contributed by atoms with E-state index in [0.29, 0.717) is 12.5 Å². The van der Waals surface area contributed by atoms with E-state index in [2.05, 4.69) is 17.4 Å². The summed E-state index contributed by atoms with van der Waals surface area (Å²) in [6.45, 7) is 0.865. The van der Waals surface area contributed by atoms with E-state index in [1.54, 1.807) is 6.08 Å². The molecule has 84 valence electrons. The smallest absolute Gasteiger partial charge is 0.155 e. The second kappa shape index (κ2) is 5.61. The molecule has 2 rings (SSSR count). The second-order valence-electron chi connectivity index (χ2n) is 4.19. The monoisotopic (exact) mass is 215 g/mol. The number of rotatable bonds is 3. The predicted octanol–water partition coefficient (Wildman–Crippen LogP) is 2.45. The first-order valence-corrected chi connectivity index (χ1v) is 5.83. The number of hydrogen-bond acceptors (Lipinski definition) is 2. The molecule has 1 N–H and O–H groups in total. The fourth-order valence-electron chi connectivity index (χ4n) is 1.91. The van der Waals surface area contributed by atoms with Gasteiger partial charge in [0, 0.05) is 19.0 Å². The third-order valence-corrected chi connectivity index (χ3v) is 2.86. The molecule has 2 nitrogen and oxygen atoms in total. The molecule has 0 spiro atoms. The Morgan fingerprint density at radius 3 is 2.88 bits per heavy atom. The molecule has 0 bridgehead atoms. The van der Waals surface area contributed by atoms with Gasteiger partial charge in [0.05, 0.1) is 0 Å². The Balaban J connectivity index is 1.86. The molecular weight excluding hydrogens is 198 g/mol. The standard InChI is InChI=1S/C14H17NO/c16-14-8-4-7-13(9-10-14)15-11-12-5-2-1-3-6-12/h1-3,5-6,9-10,13,15H,4,7-8,11H2. The highest BCUT2D eigenvalue weighted by atomic mass is 16.1. The molecule has 16 heavy (non-hydrogen) atoms. The van der Waals surface area contributed by atoms with Crippen LogP contribution in [0.25, 0.3) is 0 Å². The lowest BCUT2D eigenvalue weighted by molar-refractivity contribution is -0.114.